The highest BCUT2D eigenvalue weighted by atomic mass is 19.4. The van der Waals surface area contributed by atoms with Gasteiger partial charge in [0.25, 0.3) is 0 Å². The highest BCUT2D eigenvalue weighted by Gasteiger charge is 2.35. The van der Waals surface area contributed by atoms with Crippen LogP contribution >= 0.6 is 0 Å². The number of ether oxygens (including phenoxy) is 1. The molecule has 0 bridgehead atoms. The van der Waals surface area contributed by atoms with Gasteiger partial charge in [0, 0.05) is 6.04 Å². The Kier molecular flexibility index (Phi) is 2.95. The van der Waals surface area contributed by atoms with Crippen LogP contribution in [0.15, 0.2) is 0 Å². The molecule has 1 aliphatic carbocycles. The molecule has 12 heavy (non-hydrogen) atoms. The second kappa shape index (κ2) is 3.62. The van der Waals surface area contributed by atoms with Gasteiger partial charge in [-0.25, -0.2) is 0 Å². The molecule has 0 aromatic carbocycles. The van der Waals surface area contributed by atoms with E-state index in [1.54, 1.807) is 0 Å². The van der Waals surface area contributed by atoms with Gasteiger partial charge in [-0.15, -0.1) is 13.2 Å². The van der Waals surface area contributed by atoms with E-state index >= 15 is 0 Å². The summed E-state index contributed by atoms with van der Waals surface area (Å²) in [4.78, 5) is 0. The lowest BCUT2D eigenvalue weighted by molar-refractivity contribution is -0.345. The van der Waals surface area contributed by atoms with Crippen molar-refractivity contribution < 1.29 is 17.9 Å². The third-order valence-electron chi connectivity index (χ3n) is 1.97. The Hall–Kier alpha value is -0.290. The maximum absolute atomic E-state index is 11.7. The molecule has 5 heteroatoms. The largest absolute Gasteiger partial charge is 0.522 e. The zero-order valence-electron chi connectivity index (χ0n) is 6.60. The molecule has 2 nitrogen and oxygen atoms in total. The van der Waals surface area contributed by atoms with Crippen LogP contribution in [-0.2, 0) is 4.74 Å². The van der Waals surface area contributed by atoms with Crippen molar-refractivity contribution in [3.8, 4) is 0 Å². The van der Waals surface area contributed by atoms with E-state index < -0.39 is 12.5 Å². The molecular formula is C7H12F3NO. The van der Waals surface area contributed by atoms with Crippen LogP contribution in [0.1, 0.15) is 25.7 Å². The molecule has 0 spiro atoms. The number of rotatable bonds is 1. The fraction of sp³-hybridized carbons (Fsp3) is 1.00. The molecule has 1 rings (SSSR count). The van der Waals surface area contributed by atoms with Gasteiger partial charge >= 0.3 is 6.36 Å². The summed E-state index contributed by atoms with van der Waals surface area (Å²) in [6.07, 6.45) is -2.93. The van der Waals surface area contributed by atoms with Crippen LogP contribution in [0.5, 0.6) is 0 Å². The number of hydrogen-bond acceptors (Lipinski definition) is 2. The van der Waals surface area contributed by atoms with Gasteiger partial charge in [-0.3, -0.25) is 4.74 Å². The molecule has 0 aromatic heterocycles. The van der Waals surface area contributed by atoms with Crippen molar-refractivity contribution in [3.05, 3.63) is 0 Å². The summed E-state index contributed by atoms with van der Waals surface area (Å²) < 4.78 is 39.0. The van der Waals surface area contributed by atoms with Gasteiger partial charge in [0.1, 0.15) is 0 Å². The Bertz CT molecular complexity index is 148. The van der Waals surface area contributed by atoms with E-state index in [4.69, 9.17) is 5.73 Å². The summed E-state index contributed by atoms with van der Waals surface area (Å²) in [7, 11) is 0. The molecule has 0 aromatic rings. The first-order chi connectivity index (χ1) is 5.47. The third-order valence-corrected chi connectivity index (χ3v) is 1.97. The van der Waals surface area contributed by atoms with E-state index in [1.807, 2.05) is 0 Å². The molecule has 2 atom stereocenters. The number of halogens is 3. The first-order valence-electron chi connectivity index (χ1n) is 3.97. The van der Waals surface area contributed by atoms with Crippen LogP contribution in [-0.4, -0.2) is 18.5 Å². The normalized spacial score (nSPS) is 32.0. The smallest absolute Gasteiger partial charge is 0.328 e. The average molecular weight is 183 g/mol. The molecule has 2 N–H and O–H groups in total. The van der Waals surface area contributed by atoms with Crippen molar-refractivity contribution in [2.24, 2.45) is 5.73 Å². The van der Waals surface area contributed by atoms with Gasteiger partial charge in [0.2, 0.25) is 0 Å². The molecular weight excluding hydrogens is 171 g/mol. The quantitative estimate of drug-likeness (QED) is 0.672. The Morgan fingerprint density at radius 3 is 2.42 bits per heavy atom. The lowest BCUT2D eigenvalue weighted by atomic mass is 9.94. The zero-order valence-corrected chi connectivity index (χ0v) is 6.60. The Morgan fingerprint density at radius 1 is 1.25 bits per heavy atom. The van der Waals surface area contributed by atoms with E-state index in [0.717, 1.165) is 12.8 Å². The van der Waals surface area contributed by atoms with Crippen molar-refractivity contribution in [2.75, 3.05) is 0 Å². The van der Waals surface area contributed by atoms with Crippen molar-refractivity contribution in [1.29, 1.82) is 0 Å². The maximum atomic E-state index is 11.7. The van der Waals surface area contributed by atoms with Crippen LogP contribution < -0.4 is 5.73 Å². The minimum absolute atomic E-state index is 0.133. The van der Waals surface area contributed by atoms with Crippen LogP contribution in [0.25, 0.3) is 0 Å². The summed E-state index contributed by atoms with van der Waals surface area (Å²) in [5.74, 6) is 0. The average Bonchev–Trinajstić information content (AvgIpc) is 1.82. The van der Waals surface area contributed by atoms with Crippen LogP contribution in [0.2, 0.25) is 0 Å². The summed E-state index contributed by atoms with van der Waals surface area (Å²) >= 11 is 0. The minimum atomic E-state index is -4.51. The highest BCUT2D eigenvalue weighted by Crippen LogP contribution is 2.27. The Labute approximate surface area is 68.9 Å². The van der Waals surface area contributed by atoms with Crippen molar-refractivity contribution in [3.63, 3.8) is 0 Å². The summed E-state index contributed by atoms with van der Waals surface area (Å²) in [6.45, 7) is 0. The SMILES string of the molecule is N[C@H]1CCC[C@@H](OC(F)(F)F)C1. The second-order valence-electron chi connectivity index (χ2n) is 3.11. The molecule has 0 unspecified atom stereocenters. The summed E-state index contributed by atoms with van der Waals surface area (Å²) in [5.41, 5.74) is 5.50. The minimum Gasteiger partial charge on any atom is -0.328 e. The number of hydrogen-bond donors (Lipinski definition) is 1. The standard InChI is InChI=1S/C7H12F3NO/c8-7(9,10)12-6-3-1-2-5(11)4-6/h5-6H,1-4,11H2/t5-,6+/m0/s1. The molecule has 1 aliphatic rings. The second-order valence-corrected chi connectivity index (χ2v) is 3.11. The maximum Gasteiger partial charge on any atom is 0.522 e. The van der Waals surface area contributed by atoms with E-state index in [2.05, 4.69) is 4.74 Å². The molecule has 72 valence electrons. The van der Waals surface area contributed by atoms with Crippen molar-refractivity contribution >= 4 is 0 Å². The Balaban J connectivity index is 2.32. The van der Waals surface area contributed by atoms with Gasteiger partial charge < -0.3 is 5.73 Å². The first-order valence-corrected chi connectivity index (χ1v) is 3.97. The lowest BCUT2D eigenvalue weighted by Gasteiger charge is -2.27. The predicted molar refractivity (Wildman–Crippen MR) is 37.4 cm³/mol. The van der Waals surface area contributed by atoms with E-state index in [-0.39, 0.29) is 6.04 Å². The zero-order chi connectivity index (χ0) is 9.19. The predicted octanol–water partition coefficient (Wildman–Crippen LogP) is 1.79. The highest BCUT2D eigenvalue weighted by molar-refractivity contribution is 4.75. The van der Waals surface area contributed by atoms with Crippen LogP contribution in [0.3, 0.4) is 0 Å². The van der Waals surface area contributed by atoms with Crippen molar-refractivity contribution in [2.45, 2.75) is 44.2 Å². The Morgan fingerprint density at radius 2 is 1.92 bits per heavy atom. The number of nitrogens with two attached hydrogens (primary N) is 1. The van der Waals surface area contributed by atoms with E-state index in [9.17, 15) is 13.2 Å². The van der Waals surface area contributed by atoms with Gasteiger partial charge in [0.05, 0.1) is 6.10 Å². The van der Waals surface area contributed by atoms with Crippen LogP contribution in [0, 0.1) is 0 Å². The van der Waals surface area contributed by atoms with E-state index in [0.29, 0.717) is 12.8 Å². The molecule has 1 saturated carbocycles. The monoisotopic (exact) mass is 183 g/mol. The molecule has 0 amide bonds. The van der Waals surface area contributed by atoms with E-state index in [1.165, 1.54) is 0 Å². The van der Waals surface area contributed by atoms with Crippen molar-refractivity contribution in [1.82, 2.24) is 0 Å². The molecule has 0 heterocycles. The first kappa shape index (κ1) is 9.80. The fourth-order valence-corrected chi connectivity index (χ4v) is 1.48. The van der Waals surface area contributed by atoms with Gasteiger partial charge in [0.15, 0.2) is 0 Å². The van der Waals surface area contributed by atoms with Gasteiger partial charge in [-0.05, 0) is 25.7 Å². The van der Waals surface area contributed by atoms with Gasteiger partial charge in [-0.2, -0.15) is 0 Å². The molecule has 0 radical (unpaired) electrons. The molecule has 1 fully saturated rings. The number of alkyl halides is 3. The summed E-state index contributed by atoms with van der Waals surface area (Å²) in [5, 5.41) is 0. The topological polar surface area (TPSA) is 35.2 Å². The fourth-order valence-electron chi connectivity index (χ4n) is 1.48. The third kappa shape index (κ3) is 3.40. The molecule has 0 aliphatic heterocycles. The van der Waals surface area contributed by atoms with Gasteiger partial charge in [-0.1, -0.05) is 0 Å². The summed E-state index contributed by atoms with van der Waals surface area (Å²) in [6, 6.07) is -0.133. The lowest BCUT2D eigenvalue weighted by Crippen LogP contribution is -2.35. The molecule has 0 saturated heterocycles. The van der Waals surface area contributed by atoms with Crippen LogP contribution in [0.4, 0.5) is 13.2 Å².